The van der Waals surface area contributed by atoms with Crippen LogP contribution in [-0.2, 0) is 25.5 Å². The number of carbonyl (C=O) groups excluding carboxylic acids is 3. The van der Waals surface area contributed by atoms with E-state index in [0.717, 1.165) is 5.56 Å². The fraction of sp³-hybridized carbons (Fsp3) is 0.500. The normalized spacial score (nSPS) is 12.9. The van der Waals surface area contributed by atoms with Gasteiger partial charge in [0.2, 0.25) is 5.91 Å². The lowest BCUT2D eigenvalue weighted by Crippen LogP contribution is -2.52. The first-order chi connectivity index (χ1) is 13.5. The predicted molar refractivity (Wildman–Crippen MR) is 114 cm³/mol. The summed E-state index contributed by atoms with van der Waals surface area (Å²) < 4.78 is 9.91. The summed E-state index contributed by atoms with van der Waals surface area (Å²) in [7, 11) is 1.27. The quantitative estimate of drug-likeness (QED) is 0.432. The van der Waals surface area contributed by atoms with E-state index in [0.29, 0.717) is 6.42 Å². The van der Waals surface area contributed by atoms with E-state index in [1.54, 1.807) is 27.7 Å². The van der Waals surface area contributed by atoms with Gasteiger partial charge in [-0.2, -0.15) is 0 Å². The fourth-order valence-corrected chi connectivity index (χ4v) is 2.56. The summed E-state index contributed by atoms with van der Waals surface area (Å²) in [5.41, 5.74) is 0.273. The van der Waals surface area contributed by atoms with Crippen molar-refractivity contribution in [3.05, 3.63) is 35.9 Å². The number of hydrogen-bond acceptors (Lipinski definition) is 6. The fourth-order valence-electron chi connectivity index (χ4n) is 2.31. The van der Waals surface area contributed by atoms with Crippen LogP contribution in [0.4, 0.5) is 4.79 Å². The molecule has 0 spiro atoms. The number of methoxy groups -OCH3 is 1. The minimum atomic E-state index is -0.826. The zero-order valence-electron chi connectivity index (χ0n) is 17.4. The van der Waals surface area contributed by atoms with Crippen molar-refractivity contribution < 1.29 is 23.9 Å². The molecule has 1 rings (SSSR count). The summed E-state index contributed by atoms with van der Waals surface area (Å²) >= 11 is 5.15. The Morgan fingerprint density at radius 3 is 2.28 bits per heavy atom. The number of rotatable bonds is 8. The molecule has 1 aromatic carbocycles. The van der Waals surface area contributed by atoms with Gasteiger partial charge < -0.3 is 25.4 Å². The lowest BCUT2D eigenvalue weighted by atomic mass is 10.1. The van der Waals surface area contributed by atoms with Crippen LogP contribution in [0.3, 0.4) is 0 Å². The number of alkyl carbamates (subject to hydrolysis) is 1. The first-order valence-corrected chi connectivity index (χ1v) is 9.61. The van der Waals surface area contributed by atoms with Crippen LogP contribution in [0.15, 0.2) is 30.3 Å². The zero-order valence-corrected chi connectivity index (χ0v) is 18.2. The Kier molecular flexibility index (Phi) is 9.54. The van der Waals surface area contributed by atoms with Gasteiger partial charge in [0.1, 0.15) is 17.7 Å². The Bertz CT molecular complexity index is 719. The van der Waals surface area contributed by atoms with Crippen molar-refractivity contribution in [3.63, 3.8) is 0 Å². The number of benzene rings is 1. The zero-order chi connectivity index (χ0) is 22.0. The van der Waals surface area contributed by atoms with Gasteiger partial charge >= 0.3 is 12.1 Å². The van der Waals surface area contributed by atoms with E-state index >= 15 is 0 Å². The maximum absolute atomic E-state index is 12.5. The van der Waals surface area contributed by atoms with Crippen molar-refractivity contribution in [1.82, 2.24) is 16.0 Å². The highest BCUT2D eigenvalue weighted by Crippen LogP contribution is 2.06. The standard InChI is InChI=1S/C20H29N3O5S/c1-13(22-16(29)12-21-19(26)28-20(2,3)4)17(24)23-15(18(25)27-5)11-14-9-7-6-8-10-14/h6-10,13,15H,11-12H2,1-5H3,(H,21,26)(H,22,29)(H,23,24)/t13-,15-/m0/s1. The summed E-state index contributed by atoms with van der Waals surface area (Å²) in [5.74, 6) is -0.959. The molecular weight excluding hydrogens is 394 g/mol. The first kappa shape index (κ1) is 24.4. The molecule has 0 aliphatic rings. The summed E-state index contributed by atoms with van der Waals surface area (Å²) in [5, 5.41) is 8.00. The number of hydrogen-bond donors (Lipinski definition) is 3. The predicted octanol–water partition coefficient (Wildman–Crippen LogP) is 1.72. The number of amides is 2. The molecule has 3 N–H and O–H groups in total. The van der Waals surface area contributed by atoms with E-state index in [2.05, 4.69) is 16.0 Å². The van der Waals surface area contributed by atoms with Crippen molar-refractivity contribution in [2.75, 3.05) is 13.7 Å². The molecule has 0 heterocycles. The summed E-state index contributed by atoms with van der Waals surface area (Å²) in [6.45, 7) is 6.88. The van der Waals surface area contributed by atoms with Gasteiger partial charge in [0.25, 0.3) is 0 Å². The molecule has 8 nitrogen and oxygen atoms in total. The molecular formula is C20H29N3O5S. The number of ether oxygens (including phenoxy) is 2. The summed E-state index contributed by atoms with van der Waals surface area (Å²) in [6.07, 6.45) is -0.302. The average Bonchev–Trinajstić information content (AvgIpc) is 2.64. The second-order valence-electron chi connectivity index (χ2n) is 7.42. The third-order valence-corrected chi connectivity index (χ3v) is 3.91. The van der Waals surface area contributed by atoms with Crippen LogP contribution >= 0.6 is 12.2 Å². The second kappa shape index (κ2) is 11.4. The van der Waals surface area contributed by atoms with Crippen LogP contribution in [0.1, 0.15) is 33.3 Å². The Morgan fingerprint density at radius 1 is 1.10 bits per heavy atom. The molecule has 29 heavy (non-hydrogen) atoms. The van der Waals surface area contributed by atoms with E-state index in [1.807, 2.05) is 30.3 Å². The number of nitrogens with one attached hydrogen (secondary N) is 3. The molecule has 0 aliphatic heterocycles. The largest absolute Gasteiger partial charge is 0.467 e. The maximum atomic E-state index is 12.5. The molecule has 1 aromatic rings. The minimum absolute atomic E-state index is 0.0202. The Balaban J connectivity index is 2.56. The average molecular weight is 424 g/mol. The molecule has 0 aromatic heterocycles. The van der Waals surface area contributed by atoms with Gasteiger partial charge in [0.05, 0.1) is 18.6 Å². The summed E-state index contributed by atoms with van der Waals surface area (Å²) in [6, 6.07) is 7.76. The van der Waals surface area contributed by atoms with Crippen LogP contribution in [-0.4, -0.2) is 54.3 Å². The molecule has 0 unspecified atom stereocenters. The van der Waals surface area contributed by atoms with Gasteiger partial charge in [-0.1, -0.05) is 42.5 Å². The monoisotopic (exact) mass is 423 g/mol. The van der Waals surface area contributed by atoms with Crippen LogP contribution < -0.4 is 16.0 Å². The Labute approximate surface area is 176 Å². The third-order valence-electron chi connectivity index (χ3n) is 3.65. The summed E-state index contributed by atoms with van der Waals surface area (Å²) in [4.78, 5) is 36.4. The van der Waals surface area contributed by atoms with Crippen molar-refractivity contribution in [1.29, 1.82) is 0 Å². The highest BCUT2D eigenvalue weighted by Gasteiger charge is 2.25. The van der Waals surface area contributed by atoms with E-state index < -0.39 is 35.7 Å². The minimum Gasteiger partial charge on any atom is -0.467 e. The number of carbonyl (C=O) groups is 3. The molecule has 0 radical (unpaired) electrons. The highest BCUT2D eigenvalue weighted by molar-refractivity contribution is 7.80. The number of thiocarbonyl (C=S) groups is 1. The topological polar surface area (TPSA) is 106 Å². The van der Waals surface area contributed by atoms with Crippen molar-refractivity contribution in [2.24, 2.45) is 0 Å². The van der Waals surface area contributed by atoms with Gasteiger partial charge in [0, 0.05) is 6.42 Å². The van der Waals surface area contributed by atoms with E-state index in [1.165, 1.54) is 7.11 Å². The van der Waals surface area contributed by atoms with Gasteiger partial charge in [-0.25, -0.2) is 9.59 Å². The second-order valence-corrected chi connectivity index (χ2v) is 7.91. The van der Waals surface area contributed by atoms with Crippen molar-refractivity contribution in [2.45, 2.75) is 51.8 Å². The van der Waals surface area contributed by atoms with Gasteiger partial charge in [0.15, 0.2) is 0 Å². The van der Waals surface area contributed by atoms with Crippen molar-refractivity contribution >= 4 is 35.2 Å². The SMILES string of the molecule is COC(=O)[C@H](Cc1ccccc1)NC(=O)[C@H](C)NC(=S)CNC(=O)OC(C)(C)C. The molecule has 0 fully saturated rings. The van der Waals surface area contributed by atoms with Gasteiger partial charge in [-0.3, -0.25) is 4.79 Å². The molecule has 160 valence electrons. The highest BCUT2D eigenvalue weighted by atomic mass is 32.1. The van der Waals surface area contributed by atoms with E-state index in [4.69, 9.17) is 21.7 Å². The van der Waals surface area contributed by atoms with E-state index in [-0.39, 0.29) is 11.5 Å². The van der Waals surface area contributed by atoms with Crippen LogP contribution in [0.25, 0.3) is 0 Å². The molecule has 2 atom stereocenters. The Hall–Kier alpha value is -2.68. The molecule has 2 amide bonds. The molecule has 0 saturated heterocycles. The van der Waals surface area contributed by atoms with E-state index in [9.17, 15) is 14.4 Å². The smallest absolute Gasteiger partial charge is 0.408 e. The lowest BCUT2D eigenvalue weighted by molar-refractivity contribution is -0.145. The molecule has 0 aliphatic carbocycles. The van der Waals surface area contributed by atoms with Crippen LogP contribution in [0, 0.1) is 0 Å². The third kappa shape index (κ3) is 9.89. The van der Waals surface area contributed by atoms with Gasteiger partial charge in [-0.15, -0.1) is 0 Å². The van der Waals surface area contributed by atoms with Crippen molar-refractivity contribution in [3.8, 4) is 0 Å². The molecule has 0 bridgehead atoms. The lowest BCUT2D eigenvalue weighted by Gasteiger charge is -2.22. The maximum Gasteiger partial charge on any atom is 0.408 e. The van der Waals surface area contributed by atoms with Crippen LogP contribution in [0.2, 0.25) is 0 Å². The Morgan fingerprint density at radius 2 is 1.72 bits per heavy atom. The van der Waals surface area contributed by atoms with Gasteiger partial charge in [-0.05, 0) is 33.3 Å². The number of esters is 1. The van der Waals surface area contributed by atoms with Crippen LogP contribution in [0.5, 0.6) is 0 Å². The molecule has 9 heteroatoms. The molecule has 0 saturated carbocycles. The first-order valence-electron chi connectivity index (χ1n) is 9.20.